The van der Waals surface area contributed by atoms with Crippen LogP contribution >= 0.6 is 0 Å². The highest BCUT2D eigenvalue weighted by atomic mass is 15.0. The number of nitrogens with one attached hydrogen (secondary N) is 1. The van der Waals surface area contributed by atoms with Crippen LogP contribution in [0.1, 0.15) is 35.7 Å². The molecular weight excluding hydrogens is 234 g/mol. The van der Waals surface area contributed by atoms with E-state index < -0.39 is 0 Å². The highest BCUT2D eigenvalue weighted by molar-refractivity contribution is 5.43. The molecule has 1 aromatic heterocycles. The van der Waals surface area contributed by atoms with Gasteiger partial charge < -0.3 is 11.1 Å². The number of aryl methyl sites for hydroxylation is 1. The molecule has 1 aromatic carbocycles. The number of aromatic nitrogens is 1. The van der Waals surface area contributed by atoms with Crippen molar-refractivity contribution >= 4 is 5.82 Å². The second-order valence-corrected chi connectivity index (χ2v) is 5.18. The van der Waals surface area contributed by atoms with Crippen LogP contribution in [0.2, 0.25) is 0 Å². The largest absolute Gasteiger partial charge is 0.367 e. The molecule has 1 aliphatic carbocycles. The van der Waals surface area contributed by atoms with Crippen molar-refractivity contribution in [2.75, 3.05) is 5.32 Å². The Morgan fingerprint density at radius 3 is 2.53 bits per heavy atom. The summed E-state index contributed by atoms with van der Waals surface area (Å²) in [4.78, 5) is 4.61. The van der Waals surface area contributed by atoms with E-state index in [1.54, 1.807) is 0 Å². The average Bonchev–Trinajstić information content (AvgIpc) is 3.23. The maximum absolute atomic E-state index is 6.32. The van der Waals surface area contributed by atoms with E-state index in [1.807, 2.05) is 31.2 Å². The number of rotatable bonds is 4. The van der Waals surface area contributed by atoms with Crippen molar-refractivity contribution in [1.82, 2.24) is 4.98 Å². The standard InChI is InChI=1S/C16H19N3/c1-11-14(16(17)12-5-3-2-4-6-12)9-10-15(18-11)19-13-7-8-13/h2-6,9-10,13,16H,7-8,17H2,1H3,(H,18,19). The lowest BCUT2D eigenvalue weighted by Crippen LogP contribution is -2.14. The molecule has 0 saturated heterocycles. The van der Waals surface area contributed by atoms with Crippen molar-refractivity contribution in [3.8, 4) is 0 Å². The van der Waals surface area contributed by atoms with E-state index in [-0.39, 0.29) is 6.04 Å². The Labute approximate surface area is 113 Å². The van der Waals surface area contributed by atoms with Gasteiger partial charge in [0.1, 0.15) is 5.82 Å². The van der Waals surface area contributed by atoms with E-state index in [9.17, 15) is 0 Å². The highest BCUT2D eigenvalue weighted by Crippen LogP contribution is 2.26. The van der Waals surface area contributed by atoms with Gasteiger partial charge in [0.05, 0.1) is 6.04 Å². The first-order valence-corrected chi connectivity index (χ1v) is 6.78. The summed E-state index contributed by atoms with van der Waals surface area (Å²) in [5.41, 5.74) is 9.53. The minimum Gasteiger partial charge on any atom is -0.367 e. The van der Waals surface area contributed by atoms with E-state index in [2.05, 4.69) is 28.5 Å². The zero-order chi connectivity index (χ0) is 13.2. The molecule has 1 heterocycles. The smallest absolute Gasteiger partial charge is 0.126 e. The molecule has 1 unspecified atom stereocenters. The zero-order valence-corrected chi connectivity index (χ0v) is 11.1. The molecule has 19 heavy (non-hydrogen) atoms. The fourth-order valence-corrected chi connectivity index (χ4v) is 2.26. The van der Waals surface area contributed by atoms with Crippen molar-refractivity contribution < 1.29 is 0 Å². The quantitative estimate of drug-likeness (QED) is 0.880. The van der Waals surface area contributed by atoms with E-state index in [1.165, 1.54) is 12.8 Å². The molecule has 3 heteroatoms. The molecule has 1 aliphatic rings. The summed E-state index contributed by atoms with van der Waals surface area (Å²) >= 11 is 0. The number of benzene rings is 1. The van der Waals surface area contributed by atoms with Gasteiger partial charge >= 0.3 is 0 Å². The van der Waals surface area contributed by atoms with Gasteiger partial charge in [0.25, 0.3) is 0 Å². The summed E-state index contributed by atoms with van der Waals surface area (Å²) in [6.45, 7) is 2.02. The summed E-state index contributed by atoms with van der Waals surface area (Å²) < 4.78 is 0. The number of nitrogens with two attached hydrogens (primary N) is 1. The second-order valence-electron chi connectivity index (χ2n) is 5.18. The molecule has 1 saturated carbocycles. The van der Waals surface area contributed by atoms with Gasteiger partial charge in [0, 0.05) is 11.7 Å². The average molecular weight is 253 g/mol. The molecule has 3 nitrogen and oxygen atoms in total. The predicted octanol–water partition coefficient (Wildman–Crippen LogP) is 3.01. The number of pyridine rings is 1. The fraction of sp³-hybridized carbons (Fsp3) is 0.312. The molecule has 0 amide bonds. The molecule has 0 bridgehead atoms. The molecule has 2 aromatic rings. The van der Waals surface area contributed by atoms with E-state index in [0.717, 1.165) is 22.6 Å². The molecule has 0 spiro atoms. The topological polar surface area (TPSA) is 50.9 Å². The molecule has 0 radical (unpaired) electrons. The van der Waals surface area contributed by atoms with Crippen LogP contribution in [0, 0.1) is 6.92 Å². The summed E-state index contributed by atoms with van der Waals surface area (Å²) in [6, 6.07) is 14.8. The third-order valence-corrected chi connectivity index (χ3v) is 3.55. The first-order valence-electron chi connectivity index (χ1n) is 6.78. The number of hydrogen-bond acceptors (Lipinski definition) is 3. The van der Waals surface area contributed by atoms with Crippen LogP contribution in [-0.4, -0.2) is 11.0 Å². The minimum atomic E-state index is -0.108. The third kappa shape index (κ3) is 2.76. The van der Waals surface area contributed by atoms with Crippen molar-refractivity contribution in [2.24, 2.45) is 5.73 Å². The van der Waals surface area contributed by atoms with E-state index >= 15 is 0 Å². The predicted molar refractivity (Wildman–Crippen MR) is 78.1 cm³/mol. The van der Waals surface area contributed by atoms with Gasteiger partial charge in [-0.3, -0.25) is 0 Å². The summed E-state index contributed by atoms with van der Waals surface area (Å²) in [7, 11) is 0. The van der Waals surface area contributed by atoms with Crippen LogP contribution in [0.15, 0.2) is 42.5 Å². The Balaban J connectivity index is 1.84. The Morgan fingerprint density at radius 1 is 1.16 bits per heavy atom. The molecule has 1 atom stereocenters. The summed E-state index contributed by atoms with van der Waals surface area (Å²) in [5, 5.41) is 3.41. The normalized spacial score (nSPS) is 16.1. The zero-order valence-electron chi connectivity index (χ0n) is 11.1. The van der Waals surface area contributed by atoms with Crippen LogP contribution < -0.4 is 11.1 Å². The van der Waals surface area contributed by atoms with Crippen molar-refractivity contribution in [1.29, 1.82) is 0 Å². The minimum absolute atomic E-state index is 0.108. The van der Waals surface area contributed by atoms with Crippen molar-refractivity contribution in [3.63, 3.8) is 0 Å². The number of hydrogen-bond donors (Lipinski definition) is 2. The Bertz CT molecular complexity index is 561. The maximum Gasteiger partial charge on any atom is 0.126 e. The molecule has 0 aliphatic heterocycles. The summed E-state index contributed by atoms with van der Waals surface area (Å²) in [6.07, 6.45) is 2.51. The monoisotopic (exact) mass is 253 g/mol. The van der Waals surface area contributed by atoms with Crippen LogP contribution in [0.4, 0.5) is 5.82 Å². The highest BCUT2D eigenvalue weighted by Gasteiger charge is 2.21. The number of anilines is 1. The van der Waals surface area contributed by atoms with E-state index in [4.69, 9.17) is 5.73 Å². The lowest BCUT2D eigenvalue weighted by atomic mass is 9.99. The Morgan fingerprint density at radius 2 is 1.89 bits per heavy atom. The molecule has 3 rings (SSSR count). The van der Waals surface area contributed by atoms with Gasteiger partial charge in [0.2, 0.25) is 0 Å². The lowest BCUT2D eigenvalue weighted by molar-refractivity contribution is 0.848. The van der Waals surface area contributed by atoms with Gasteiger partial charge in [-0.15, -0.1) is 0 Å². The van der Waals surface area contributed by atoms with Crippen LogP contribution in [0.3, 0.4) is 0 Å². The maximum atomic E-state index is 6.32. The van der Waals surface area contributed by atoms with Gasteiger partial charge in [-0.25, -0.2) is 4.98 Å². The van der Waals surface area contributed by atoms with Gasteiger partial charge in [-0.2, -0.15) is 0 Å². The SMILES string of the molecule is Cc1nc(NC2CC2)ccc1C(N)c1ccccc1. The Kier molecular flexibility index (Phi) is 3.22. The second kappa shape index (κ2) is 5.02. The Hall–Kier alpha value is -1.87. The third-order valence-electron chi connectivity index (χ3n) is 3.55. The first kappa shape index (κ1) is 12.2. The van der Waals surface area contributed by atoms with Crippen LogP contribution in [-0.2, 0) is 0 Å². The van der Waals surface area contributed by atoms with Crippen molar-refractivity contribution in [3.05, 3.63) is 59.3 Å². The summed E-state index contributed by atoms with van der Waals surface area (Å²) in [5.74, 6) is 0.962. The van der Waals surface area contributed by atoms with Crippen LogP contribution in [0.25, 0.3) is 0 Å². The lowest BCUT2D eigenvalue weighted by Gasteiger charge is -2.15. The van der Waals surface area contributed by atoms with Gasteiger partial charge in [-0.05, 0) is 37.0 Å². The molecule has 1 fully saturated rings. The van der Waals surface area contributed by atoms with E-state index in [0.29, 0.717) is 6.04 Å². The van der Waals surface area contributed by atoms with Crippen molar-refractivity contribution in [2.45, 2.75) is 31.8 Å². The molecule has 3 N–H and O–H groups in total. The molecule has 98 valence electrons. The van der Waals surface area contributed by atoms with Gasteiger partial charge in [-0.1, -0.05) is 36.4 Å². The fourth-order valence-electron chi connectivity index (χ4n) is 2.26. The first-order chi connectivity index (χ1) is 9.24. The number of nitrogens with zero attached hydrogens (tertiary/aromatic N) is 1. The molecular formula is C16H19N3. The van der Waals surface area contributed by atoms with Gasteiger partial charge in [0.15, 0.2) is 0 Å². The van der Waals surface area contributed by atoms with Crippen LogP contribution in [0.5, 0.6) is 0 Å².